The number of non-ortho nitro benzene ring substituents is 1. The number of halogens is 1. The van der Waals surface area contributed by atoms with Crippen molar-refractivity contribution in [2.45, 2.75) is 13.3 Å². The lowest BCUT2D eigenvalue weighted by molar-refractivity contribution is -0.384. The minimum atomic E-state index is -0.467. The molecule has 0 spiro atoms. The molecule has 4 rings (SSSR count). The molecule has 0 unspecified atom stereocenters. The second-order valence-corrected chi connectivity index (χ2v) is 7.97. The molecule has 2 aromatic carbocycles. The molecule has 0 bridgehead atoms. The van der Waals surface area contributed by atoms with Crippen LogP contribution in [0.1, 0.15) is 11.4 Å². The summed E-state index contributed by atoms with van der Waals surface area (Å²) in [6.07, 6.45) is 0.0887. The largest absolute Gasteiger partial charge is 0.310 e. The van der Waals surface area contributed by atoms with Gasteiger partial charge in [0, 0.05) is 29.1 Å². The molecule has 0 radical (unpaired) electrons. The summed E-state index contributed by atoms with van der Waals surface area (Å²) < 4.78 is 1.53. The first-order valence-corrected chi connectivity index (χ1v) is 10.5. The molecule has 2 heterocycles. The van der Waals surface area contributed by atoms with E-state index in [1.54, 1.807) is 31.2 Å². The predicted octanol–water partition coefficient (Wildman–Crippen LogP) is 5.05. The van der Waals surface area contributed by atoms with E-state index >= 15 is 0 Å². The van der Waals surface area contributed by atoms with Gasteiger partial charge in [-0.15, -0.1) is 11.3 Å². The van der Waals surface area contributed by atoms with Crippen LogP contribution in [0.2, 0.25) is 5.02 Å². The summed E-state index contributed by atoms with van der Waals surface area (Å²) in [5.74, 6) is 0.219. The first-order chi connectivity index (χ1) is 14.9. The Morgan fingerprint density at radius 1 is 1.23 bits per heavy atom. The third kappa shape index (κ3) is 4.62. The van der Waals surface area contributed by atoms with E-state index in [4.69, 9.17) is 11.6 Å². The van der Waals surface area contributed by atoms with Gasteiger partial charge in [0.1, 0.15) is 10.8 Å². The quantitative estimate of drug-likeness (QED) is 0.325. The Bertz CT molecular complexity index is 1270. The van der Waals surface area contributed by atoms with Crippen LogP contribution in [0, 0.1) is 17.0 Å². The third-order valence-corrected chi connectivity index (χ3v) is 5.66. The first-order valence-electron chi connectivity index (χ1n) is 9.21. The van der Waals surface area contributed by atoms with Crippen molar-refractivity contribution in [1.29, 1.82) is 0 Å². The Labute approximate surface area is 186 Å². The summed E-state index contributed by atoms with van der Waals surface area (Å²) in [7, 11) is 0. The Morgan fingerprint density at radius 3 is 2.68 bits per heavy atom. The van der Waals surface area contributed by atoms with Crippen molar-refractivity contribution in [3.63, 3.8) is 0 Å². The summed E-state index contributed by atoms with van der Waals surface area (Å²) >= 11 is 7.65. The predicted molar refractivity (Wildman–Crippen MR) is 120 cm³/mol. The lowest BCUT2D eigenvalue weighted by Gasteiger charge is -2.08. The van der Waals surface area contributed by atoms with E-state index < -0.39 is 4.92 Å². The van der Waals surface area contributed by atoms with Crippen LogP contribution < -0.4 is 5.32 Å². The Hall–Kier alpha value is -3.56. The monoisotopic (exact) mass is 453 g/mol. The average molecular weight is 454 g/mol. The van der Waals surface area contributed by atoms with Gasteiger partial charge in [-0.05, 0) is 25.1 Å². The number of aryl methyl sites for hydroxylation is 1. The highest BCUT2D eigenvalue weighted by atomic mass is 35.5. The summed E-state index contributed by atoms with van der Waals surface area (Å²) in [6, 6.07) is 15.1. The fourth-order valence-corrected chi connectivity index (χ4v) is 4.14. The van der Waals surface area contributed by atoms with Gasteiger partial charge in [0.2, 0.25) is 5.91 Å². The molecule has 8 nitrogen and oxygen atoms in total. The molecule has 0 aliphatic rings. The number of nitro benzene ring substituents is 1. The average Bonchev–Trinajstić information content (AvgIpc) is 3.34. The summed E-state index contributed by atoms with van der Waals surface area (Å²) in [5, 5.41) is 21.3. The zero-order chi connectivity index (χ0) is 22.0. The van der Waals surface area contributed by atoms with Crippen LogP contribution in [0.4, 0.5) is 11.5 Å². The van der Waals surface area contributed by atoms with Crippen molar-refractivity contribution in [3.05, 3.63) is 86.5 Å². The van der Waals surface area contributed by atoms with Gasteiger partial charge in [-0.1, -0.05) is 29.8 Å². The minimum absolute atomic E-state index is 0.0175. The molecule has 2 aromatic heterocycles. The molecule has 4 aromatic rings. The number of hydrogen-bond acceptors (Lipinski definition) is 6. The number of thiazole rings is 1. The normalized spacial score (nSPS) is 10.8. The van der Waals surface area contributed by atoms with Crippen LogP contribution in [0.15, 0.2) is 60.0 Å². The lowest BCUT2D eigenvalue weighted by Crippen LogP contribution is -2.17. The van der Waals surface area contributed by atoms with Crippen LogP contribution in [0.5, 0.6) is 0 Å². The van der Waals surface area contributed by atoms with Gasteiger partial charge in [0.25, 0.3) is 5.69 Å². The number of aromatic nitrogens is 3. The number of nitrogens with zero attached hydrogens (tertiary/aromatic N) is 4. The lowest BCUT2D eigenvalue weighted by atomic mass is 10.2. The number of carbonyl (C=O) groups is 1. The molecule has 1 N–H and O–H groups in total. The molecule has 0 saturated carbocycles. The Balaban J connectivity index is 1.50. The molecule has 0 fully saturated rings. The molecule has 156 valence electrons. The molecule has 0 aliphatic heterocycles. The Morgan fingerprint density at radius 2 is 1.97 bits per heavy atom. The third-order valence-electron chi connectivity index (χ3n) is 4.40. The maximum Gasteiger partial charge on any atom is 0.269 e. The molecule has 0 aliphatic carbocycles. The van der Waals surface area contributed by atoms with Gasteiger partial charge in [-0.3, -0.25) is 14.9 Å². The topological polar surface area (TPSA) is 103 Å². The second kappa shape index (κ2) is 8.66. The van der Waals surface area contributed by atoms with Gasteiger partial charge >= 0.3 is 0 Å². The van der Waals surface area contributed by atoms with Gasteiger partial charge in [0.15, 0.2) is 0 Å². The van der Waals surface area contributed by atoms with Gasteiger partial charge in [0.05, 0.1) is 33.4 Å². The van der Waals surface area contributed by atoms with E-state index in [1.807, 2.05) is 23.6 Å². The molecule has 31 heavy (non-hydrogen) atoms. The van der Waals surface area contributed by atoms with Crippen LogP contribution in [-0.2, 0) is 11.2 Å². The van der Waals surface area contributed by atoms with E-state index in [0.717, 1.165) is 10.6 Å². The molecule has 0 atom stereocenters. The van der Waals surface area contributed by atoms with Crippen molar-refractivity contribution in [1.82, 2.24) is 14.8 Å². The van der Waals surface area contributed by atoms with E-state index in [0.29, 0.717) is 27.9 Å². The zero-order valence-electron chi connectivity index (χ0n) is 16.3. The summed E-state index contributed by atoms with van der Waals surface area (Å²) in [5.41, 5.74) is 2.74. The number of nitrogens with one attached hydrogen (secondary N) is 1. The number of rotatable bonds is 6. The standard InChI is InChI=1S/C21H16ClN5O3S/c1-13-10-19(26(25-13)15-6-8-16(9-7-15)27(29)30)24-20(28)11-14-12-31-21(23-14)17-4-2-3-5-18(17)22/h2-10,12H,11H2,1H3,(H,24,28). The van der Waals surface area contributed by atoms with Gasteiger partial charge in [-0.2, -0.15) is 5.10 Å². The SMILES string of the molecule is Cc1cc(NC(=O)Cc2csc(-c3ccccc3Cl)n2)n(-c2ccc([N+](=O)[O-])cc2)n1. The van der Waals surface area contributed by atoms with Crippen molar-refractivity contribution in [3.8, 4) is 16.3 Å². The zero-order valence-corrected chi connectivity index (χ0v) is 17.9. The highest BCUT2D eigenvalue weighted by Gasteiger charge is 2.15. The fourth-order valence-electron chi connectivity index (χ4n) is 3.00. The summed E-state index contributed by atoms with van der Waals surface area (Å²) in [4.78, 5) is 27.5. The number of nitro groups is 1. The molecule has 10 heteroatoms. The van der Waals surface area contributed by atoms with Crippen molar-refractivity contribution in [2.75, 3.05) is 5.32 Å². The molecular weight excluding hydrogens is 438 g/mol. The van der Waals surface area contributed by atoms with E-state index in [2.05, 4.69) is 15.4 Å². The number of amides is 1. The maximum atomic E-state index is 12.6. The van der Waals surface area contributed by atoms with Crippen molar-refractivity contribution < 1.29 is 9.72 Å². The summed E-state index contributed by atoms with van der Waals surface area (Å²) in [6.45, 7) is 1.80. The molecule has 0 saturated heterocycles. The highest BCUT2D eigenvalue weighted by molar-refractivity contribution is 7.13. The second-order valence-electron chi connectivity index (χ2n) is 6.71. The molecular formula is C21H16ClN5O3S. The van der Waals surface area contributed by atoms with Crippen LogP contribution in [0.25, 0.3) is 16.3 Å². The smallest absolute Gasteiger partial charge is 0.269 e. The maximum absolute atomic E-state index is 12.6. The van der Waals surface area contributed by atoms with Crippen LogP contribution in [-0.4, -0.2) is 25.6 Å². The van der Waals surface area contributed by atoms with E-state index in [-0.39, 0.29) is 18.0 Å². The number of hydrogen-bond donors (Lipinski definition) is 1. The number of carbonyl (C=O) groups excluding carboxylic acids is 1. The van der Waals surface area contributed by atoms with Crippen molar-refractivity contribution in [2.24, 2.45) is 0 Å². The minimum Gasteiger partial charge on any atom is -0.310 e. The molecule has 1 amide bonds. The van der Waals surface area contributed by atoms with Crippen molar-refractivity contribution >= 4 is 40.4 Å². The van der Waals surface area contributed by atoms with Gasteiger partial charge < -0.3 is 5.32 Å². The van der Waals surface area contributed by atoms with Crippen LogP contribution in [0.3, 0.4) is 0 Å². The van der Waals surface area contributed by atoms with E-state index in [1.165, 1.54) is 28.2 Å². The number of benzene rings is 2. The van der Waals surface area contributed by atoms with Crippen LogP contribution >= 0.6 is 22.9 Å². The van der Waals surface area contributed by atoms with Gasteiger partial charge in [-0.25, -0.2) is 9.67 Å². The number of anilines is 1. The first kappa shape index (κ1) is 20.7. The Kier molecular flexibility index (Phi) is 5.79. The fraction of sp³-hybridized carbons (Fsp3) is 0.0952. The highest BCUT2D eigenvalue weighted by Crippen LogP contribution is 2.30. The van der Waals surface area contributed by atoms with E-state index in [9.17, 15) is 14.9 Å².